The van der Waals surface area contributed by atoms with Crippen molar-refractivity contribution in [1.29, 1.82) is 0 Å². The summed E-state index contributed by atoms with van der Waals surface area (Å²) in [6.07, 6.45) is 1.17. The third-order valence-electron chi connectivity index (χ3n) is 1.62. The molecule has 0 saturated carbocycles. The van der Waals surface area contributed by atoms with Crippen LogP contribution in [0.5, 0.6) is 0 Å². The van der Waals surface area contributed by atoms with Crippen LogP contribution in [0.15, 0.2) is 23.1 Å². The molecule has 6 heteroatoms. The number of sulfone groups is 1. The molecule has 0 fully saturated rings. The number of rotatable bonds is 4. The number of thioether (sulfide) groups is 1. The molecule has 0 aromatic heterocycles. The van der Waals surface area contributed by atoms with Crippen molar-refractivity contribution in [1.82, 2.24) is 0 Å². The minimum absolute atomic E-state index is 0.0775. The molecule has 0 unspecified atom stereocenters. The monoisotopic (exact) mass is 249 g/mol. The molecule has 0 aliphatic rings. The summed E-state index contributed by atoms with van der Waals surface area (Å²) in [4.78, 5) is 0.649. The summed E-state index contributed by atoms with van der Waals surface area (Å²) < 4.78 is 34.6. The second-order valence-corrected chi connectivity index (χ2v) is 6.63. The van der Waals surface area contributed by atoms with Crippen LogP contribution in [-0.4, -0.2) is 26.2 Å². The van der Waals surface area contributed by atoms with E-state index in [0.29, 0.717) is 16.3 Å². The van der Waals surface area contributed by atoms with Crippen LogP contribution in [0, 0.1) is 5.82 Å². The standard InChI is InChI=1S/C9H12FNO2S2/c1-15(12,13)3-2-14-9-5-7(10)4-8(11)6-9/h4-6H,2-3,11H2,1H3. The first-order chi connectivity index (χ1) is 6.87. The lowest BCUT2D eigenvalue weighted by molar-refractivity contribution is 0.603. The zero-order valence-corrected chi connectivity index (χ0v) is 9.87. The van der Waals surface area contributed by atoms with Gasteiger partial charge in [-0.2, -0.15) is 0 Å². The predicted molar refractivity (Wildman–Crippen MR) is 61.2 cm³/mol. The van der Waals surface area contributed by atoms with Gasteiger partial charge in [-0.05, 0) is 18.2 Å². The van der Waals surface area contributed by atoms with E-state index in [0.717, 1.165) is 0 Å². The Balaban J connectivity index is 2.58. The van der Waals surface area contributed by atoms with Gasteiger partial charge in [0.05, 0.1) is 5.75 Å². The zero-order chi connectivity index (χ0) is 11.5. The van der Waals surface area contributed by atoms with Crippen LogP contribution in [0.2, 0.25) is 0 Å². The van der Waals surface area contributed by atoms with Crippen LogP contribution >= 0.6 is 11.8 Å². The van der Waals surface area contributed by atoms with Gasteiger partial charge < -0.3 is 5.73 Å². The number of hydrogen-bond acceptors (Lipinski definition) is 4. The molecule has 1 rings (SSSR count). The molecule has 2 N–H and O–H groups in total. The highest BCUT2D eigenvalue weighted by Gasteiger charge is 2.04. The Morgan fingerprint density at radius 2 is 2.07 bits per heavy atom. The van der Waals surface area contributed by atoms with Crippen molar-refractivity contribution in [2.45, 2.75) is 4.90 Å². The van der Waals surface area contributed by atoms with Crippen molar-refractivity contribution >= 4 is 27.3 Å². The molecule has 15 heavy (non-hydrogen) atoms. The Morgan fingerprint density at radius 1 is 1.40 bits per heavy atom. The summed E-state index contributed by atoms with van der Waals surface area (Å²) in [7, 11) is -2.96. The van der Waals surface area contributed by atoms with Gasteiger partial charge in [0.15, 0.2) is 0 Å². The molecule has 0 aliphatic carbocycles. The third kappa shape index (κ3) is 5.03. The van der Waals surface area contributed by atoms with Crippen LogP contribution in [0.4, 0.5) is 10.1 Å². The van der Waals surface area contributed by atoms with Gasteiger partial charge in [0.2, 0.25) is 0 Å². The Hall–Kier alpha value is -0.750. The van der Waals surface area contributed by atoms with E-state index in [-0.39, 0.29) is 5.75 Å². The summed E-state index contributed by atoms with van der Waals surface area (Å²) in [5.74, 6) is 0.0763. The summed E-state index contributed by atoms with van der Waals surface area (Å²) in [6.45, 7) is 0. The van der Waals surface area contributed by atoms with Crippen molar-refractivity contribution < 1.29 is 12.8 Å². The van der Waals surface area contributed by atoms with Crippen LogP contribution in [0.1, 0.15) is 0 Å². The summed E-state index contributed by atoms with van der Waals surface area (Å²) in [5, 5.41) is 0. The summed E-state index contributed by atoms with van der Waals surface area (Å²) >= 11 is 1.28. The molecule has 0 aliphatic heterocycles. The van der Waals surface area contributed by atoms with Gasteiger partial charge in [-0.15, -0.1) is 11.8 Å². The average molecular weight is 249 g/mol. The van der Waals surface area contributed by atoms with E-state index in [2.05, 4.69) is 0 Å². The molecular formula is C9H12FNO2S2. The SMILES string of the molecule is CS(=O)(=O)CCSc1cc(N)cc(F)c1. The van der Waals surface area contributed by atoms with E-state index in [1.165, 1.54) is 30.2 Å². The Bertz CT molecular complexity index is 425. The number of nitrogen functional groups attached to an aromatic ring is 1. The smallest absolute Gasteiger partial charge is 0.148 e. The third-order valence-corrected chi connectivity index (χ3v) is 3.80. The van der Waals surface area contributed by atoms with Crippen molar-refractivity contribution in [3.05, 3.63) is 24.0 Å². The van der Waals surface area contributed by atoms with E-state index >= 15 is 0 Å². The fourth-order valence-corrected chi connectivity index (χ4v) is 3.17. The van der Waals surface area contributed by atoms with Gasteiger partial charge in [0.25, 0.3) is 0 Å². The van der Waals surface area contributed by atoms with Crippen LogP contribution in [0.25, 0.3) is 0 Å². The maximum Gasteiger partial charge on any atom is 0.148 e. The second-order valence-electron chi connectivity index (χ2n) is 3.20. The predicted octanol–water partition coefficient (Wildman–Crippen LogP) is 1.54. The van der Waals surface area contributed by atoms with Gasteiger partial charge in [0, 0.05) is 22.6 Å². The highest BCUT2D eigenvalue weighted by molar-refractivity contribution is 8.00. The fourth-order valence-electron chi connectivity index (χ4n) is 0.979. The number of halogens is 1. The molecule has 3 nitrogen and oxygen atoms in total. The van der Waals surface area contributed by atoms with E-state index in [4.69, 9.17) is 5.73 Å². The Morgan fingerprint density at radius 3 is 2.60 bits per heavy atom. The number of anilines is 1. The number of nitrogens with two attached hydrogens (primary N) is 1. The molecule has 0 amide bonds. The topological polar surface area (TPSA) is 60.2 Å². The first-order valence-electron chi connectivity index (χ1n) is 4.23. The fraction of sp³-hybridized carbons (Fsp3) is 0.333. The average Bonchev–Trinajstić information content (AvgIpc) is 1.99. The van der Waals surface area contributed by atoms with Crippen LogP contribution in [0.3, 0.4) is 0 Å². The molecule has 1 aromatic carbocycles. The lowest BCUT2D eigenvalue weighted by Crippen LogP contribution is -2.04. The van der Waals surface area contributed by atoms with Gasteiger partial charge in [-0.3, -0.25) is 0 Å². The second kappa shape index (κ2) is 4.85. The van der Waals surface area contributed by atoms with Crippen LogP contribution in [-0.2, 0) is 9.84 Å². The molecular weight excluding hydrogens is 237 g/mol. The Kier molecular flexibility index (Phi) is 3.98. The molecule has 0 atom stereocenters. The summed E-state index contributed by atoms with van der Waals surface area (Å²) in [5.41, 5.74) is 5.79. The van der Waals surface area contributed by atoms with E-state index in [1.54, 1.807) is 6.07 Å². The van der Waals surface area contributed by atoms with Gasteiger partial charge in [-0.1, -0.05) is 0 Å². The van der Waals surface area contributed by atoms with E-state index in [1.807, 2.05) is 0 Å². The highest BCUT2D eigenvalue weighted by atomic mass is 32.2. The molecule has 0 saturated heterocycles. The molecule has 0 radical (unpaired) electrons. The van der Waals surface area contributed by atoms with Crippen LogP contribution < -0.4 is 5.73 Å². The number of hydrogen-bond donors (Lipinski definition) is 1. The summed E-state index contributed by atoms with van der Waals surface area (Å²) in [6, 6.07) is 4.18. The van der Waals surface area contributed by atoms with Crippen molar-refractivity contribution in [2.24, 2.45) is 0 Å². The van der Waals surface area contributed by atoms with Crippen molar-refractivity contribution in [3.8, 4) is 0 Å². The molecule has 1 aromatic rings. The van der Waals surface area contributed by atoms with Crippen molar-refractivity contribution in [3.63, 3.8) is 0 Å². The quantitative estimate of drug-likeness (QED) is 0.649. The maximum atomic E-state index is 12.9. The minimum atomic E-state index is -2.96. The Labute approximate surface area is 92.8 Å². The normalized spacial score (nSPS) is 11.6. The maximum absolute atomic E-state index is 12.9. The largest absolute Gasteiger partial charge is 0.399 e. The molecule has 84 valence electrons. The first-order valence-corrected chi connectivity index (χ1v) is 7.28. The zero-order valence-electron chi connectivity index (χ0n) is 8.23. The lowest BCUT2D eigenvalue weighted by atomic mass is 10.3. The van der Waals surface area contributed by atoms with Gasteiger partial charge >= 0.3 is 0 Å². The lowest BCUT2D eigenvalue weighted by Gasteiger charge is -2.02. The molecule has 0 heterocycles. The molecule has 0 bridgehead atoms. The highest BCUT2D eigenvalue weighted by Crippen LogP contribution is 2.22. The first kappa shape index (κ1) is 12.3. The van der Waals surface area contributed by atoms with E-state index in [9.17, 15) is 12.8 Å². The van der Waals surface area contributed by atoms with Gasteiger partial charge in [-0.25, -0.2) is 12.8 Å². The minimum Gasteiger partial charge on any atom is -0.399 e. The van der Waals surface area contributed by atoms with Gasteiger partial charge in [0.1, 0.15) is 15.7 Å². The number of benzene rings is 1. The van der Waals surface area contributed by atoms with Crippen molar-refractivity contribution in [2.75, 3.05) is 23.5 Å². The van der Waals surface area contributed by atoms with E-state index < -0.39 is 15.7 Å². The molecule has 0 spiro atoms.